The highest BCUT2D eigenvalue weighted by atomic mass is 32.2. The summed E-state index contributed by atoms with van der Waals surface area (Å²) in [5.74, 6) is -3.62. The number of aromatic nitrogens is 2. The number of phenols is 1. The molecular weight excluding hydrogens is 861 g/mol. The quantitative estimate of drug-likeness (QED) is 0.0485. The highest BCUT2D eigenvalue weighted by Crippen LogP contribution is 2.13. The molecule has 0 aliphatic rings. The first-order valence-corrected chi connectivity index (χ1v) is 24.0. The molecule has 0 spiro atoms. The lowest BCUT2D eigenvalue weighted by molar-refractivity contribution is -0.135. The number of rotatable bonds is 28. The molecule has 7 atom stereocenters. The maximum Gasteiger partial charge on any atom is 0.243 e. The molecule has 0 saturated heterocycles. The number of carbonyl (C=O) groups excluding carboxylic acids is 7. The third-order valence-corrected chi connectivity index (χ3v) is 11.4. The molecule has 0 saturated carbocycles. The summed E-state index contributed by atoms with van der Waals surface area (Å²) in [4.78, 5) is 102. The minimum absolute atomic E-state index is 0.0207. The number of hydrogen-bond acceptors (Lipinski definition) is 12. The lowest BCUT2D eigenvalue weighted by Crippen LogP contribution is -2.60. The Hall–Kier alpha value is -5.60. The van der Waals surface area contributed by atoms with Gasteiger partial charge in [-0.1, -0.05) is 63.2 Å². The van der Waals surface area contributed by atoms with Crippen molar-refractivity contribution in [3.8, 4) is 5.75 Å². The van der Waals surface area contributed by atoms with Gasteiger partial charge in [0.25, 0.3) is 0 Å². The van der Waals surface area contributed by atoms with Crippen molar-refractivity contribution < 1.29 is 38.7 Å². The second-order valence-corrected chi connectivity index (χ2v) is 17.8. The van der Waals surface area contributed by atoms with Crippen molar-refractivity contribution in [1.82, 2.24) is 41.9 Å². The van der Waals surface area contributed by atoms with Gasteiger partial charge in [0, 0.05) is 24.7 Å². The minimum atomic E-state index is -1.29. The van der Waals surface area contributed by atoms with E-state index in [9.17, 15) is 38.7 Å². The molecule has 12 N–H and O–H groups in total. The fourth-order valence-electron chi connectivity index (χ4n) is 6.59. The van der Waals surface area contributed by atoms with Crippen LogP contribution in [0, 0.1) is 5.92 Å². The number of benzene rings is 2. The highest BCUT2D eigenvalue weighted by Gasteiger charge is 2.34. The van der Waals surface area contributed by atoms with Gasteiger partial charge in [-0.2, -0.15) is 23.5 Å². The number of primary amides is 1. The number of aromatic amines is 1. The number of thioether (sulfide) groups is 2. The first kappa shape index (κ1) is 52.7. The number of amides is 7. The van der Waals surface area contributed by atoms with E-state index in [0.29, 0.717) is 28.3 Å². The van der Waals surface area contributed by atoms with Crippen molar-refractivity contribution >= 4 is 64.9 Å². The van der Waals surface area contributed by atoms with Crippen molar-refractivity contribution in [2.45, 2.75) is 108 Å². The lowest BCUT2D eigenvalue weighted by atomic mass is 10.0. The van der Waals surface area contributed by atoms with Gasteiger partial charge in [0.15, 0.2) is 0 Å². The van der Waals surface area contributed by atoms with Gasteiger partial charge >= 0.3 is 0 Å². The van der Waals surface area contributed by atoms with Gasteiger partial charge in [-0.25, -0.2) is 4.98 Å². The smallest absolute Gasteiger partial charge is 0.243 e. The molecule has 18 nitrogen and oxygen atoms in total. The molecule has 0 aliphatic heterocycles. The van der Waals surface area contributed by atoms with E-state index in [4.69, 9.17) is 11.5 Å². The van der Waals surface area contributed by atoms with E-state index in [-0.39, 0.29) is 56.6 Å². The van der Waals surface area contributed by atoms with Gasteiger partial charge in [0.05, 0.1) is 12.4 Å². The summed E-state index contributed by atoms with van der Waals surface area (Å²) in [5, 5.41) is 26.1. The normalized spacial score (nSPS) is 14.4. The largest absolute Gasteiger partial charge is 0.508 e. The molecule has 7 amide bonds. The molecule has 0 bridgehead atoms. The molecule has 1 heterocycles. The predicted molar refractivity (Wildman–Crippen MR) is 249 cm³/mol. The first-order chi connectivity index (χ1) is 30.5. The Morgan fingerprint density at radius 1 is 0.641 bits per heavy atom. The van der Waals surface area contributed by atoms with Crippen LogP contribution in [0.5, 0.6) is 5.75 Å². The van der Waals surface area contributed by atoms with Crippen molar-refractivity contribution in [3.05, 3.63) is 83.9 Å². The molecule has 20 heteroatoms. The molecule has 0 aliphatic carbocycles. The van der Waals surface area contributed by atoms with Crippen LogP contribution in [0.15, 0.2) is 67.1 Å². The second-order valence-electron chi connectivity index (χ2n) is 15.8. The Labute approximate surface area is 383 Å². The molecular formula is C44H64N10O8S2. The summed E-state index contributed by atoms with van der Waals surface area (Å²) in [6.45, 7) is 5.42. The van der Waals surface area contributed by atoms with E-state index in [1.54, 1.807) is 49.4 Å². The fraction of sp³-hybridized carbons (Fsp3) is 0.500. The maximum atomic E-state index is 14.4. The zero-order chi connectivity index (χ0) is 47.2. The van der Waals surface area contributed by atoms with Gasteiger partial charge in [0.2, 0.25) is 41.4 Å². The molecule has 3 aromatic rings. The third-order valence-electron chi connectivity index (χ3n) is 10.2. The van der Waals surface area contributed by atoms with Crippen LogP contribution >= 0.6 is 23.5 Å². The molecule has 1 aromatic heterocycles. The minimum Gasteiger partial charge on any atom is -0.508 e. The van der Waals surface area contributed by atoms with Crippen LogP contribution in [0.1, 0.15) is 63.3 Å². The van der Waals surface area contributed by atoms with E-state index in [1.807, 2.05) is 26.4 Å². The van der Waals surface area contributed by atoms with Crippen LogP contribution in [0.4, 0.5) is 0 Å². The number of carbonyl (C=O) groups is 7. The number of aromatic hydroxyl groups is 1. The van der Waals surface area contributed by atoms with Gasteiger partial charge in [0.1, 0.15) is 42.0 Å². The van der Waals surface area contributed by atoms with E-state index in [1.165, 1.54) is 48.2 Å². The fourth-order valence-corrected chi connectivity index (χ4v) is 7.53. The van der Waals surface area contributed by atoms with Crippen molar-refractivity contribution in [1.29, 1.82) is 0 Å². The van der Waals surface area contributed by atoms with Crippen molar-refractivity contribution in [2.75, 3.05) is 24.0 Å². The van der Waals surface area contributed by atoms with E-state index in [2.05, 4.69) is 41.9 Å². The van der Waals surface area contributed by atoms with Crippen molar-refractivity contribution in [3.63, 3.8) is 0 Å². The first-order valence-electron chi connectivity index (χ1n) is 21.2. The Morgan fingerprint density at radius 2 is 1.11 bits per heavy atom. The maximum absolute atomic E-state index is 14.4. The molecule has 0 radical (unpaired) electrons. The predicted octanol–water partition coefficient (Wildman–Crippen LogP) is 0.827. The number of H-pyrrole nitrogens is 1. The highest BCUT2D eigenvalue weighted by molar-refractivity contribution is 7.98. The molecule has 3 rings (SSSR count). The van der Waals surface area contributed by atoms with Crippen LogP contribution < -0.4 is 43.4 Å². The summed E-state index contributed by atoms with van der Waals surface area (Å²) in [6, 6.07) is 7.50. The standard InChI is InChI=1S/C44H64N10O8S2/c1-6-32(38(46)56)49-40(58)34(17-19-64-5)51-42(60)35(20-26(2)3)52-44(62)37(23-29-24-47-25-48-29)54-43(61)36(22-27-10-8-7-9-11-27)53-41(59)33(16-18-63-4)50-39(57)31(45)21-28-12-14-30(55)15-13-28/h7-15,24-26,31-37,55H,6,16-23,45H2,1-5H3,(H2,46,56)(H,47,48)(H,49,58)(H,50,57)(H,51,60)(H,52,62)(H,53,59)(H,54,61)/t31-,32-,33+,34-,35-,36-,37-/m0/s1. The number of nitrogens with two attached hydrogens (primary N) is 2. The number of imidazole rings is 1. The van der Waals surface area contributed by atoms with E-state index in [0.717, 1.165) is 0 Å². The number of phenolic OH excluding ortho intramolecular Hbond substituents is 1. The Bertz CT molecular complexity index is 1960. The lowest BCUT2D eigenvalue weighted by Gasteiger charge is -2.28. The second kappa shape index (κ2) is 27.6. The van der Waals surface area contributed by atoms with Crippen molar-refractivity contribution in [2.24, 2.45) is 17.4 Å². The van der Waals surface area contributed by atoms with Gasteiger partial charge in [-0.05, 0) is 85.3 Å². The van der Waals surface area contributed by atoms with Crippen LogP contribution in [0.25, 0.3) is 0 Å². The number of hydrogen-bond donors (Lipinski definition) is 10. The topological polar surface area (TPSA) is 293 Å². The van der Waals surface area contributed by atoms with Gasteiger partial charge in [-0.3, -0.25) is 33.6 Å². The summed E-state index contributed by atoms with van der Waals surface area (Å²) >= 11 is 2.93. The zero-order valence-electron chi connectivity index (χ0n) is 37.1. The van der Waals surface area contributed by atoms with Crippen LogP contribution in [0.3, 0.4) is 0 Å². The van der Waals surface area contributed by atoms with Gasteiger partial charge < -0.3 is 53.5 Å². The molecule has 0 unspecified atom stereocenters. The average molecular weight is 925 g/mol. The Kier molecular flexibility index (Phi) is 22.7. The molecule has 2 aromatic carbocycles. The van der Waals surface area contributed by atoms with Crippen LogP contribution in [-0.2, 0) is 52.8 Å². The average Bonchev–Trinajstić information content (AvgIpc) is 3.78. The van der Waals surface area contributed by atoms with Crippen LogP contribution in [0.2, 0.25) is 0 Å². The number of nitrogens with zero attached hydrogens (tertiary/aromatic N) is 1. The number of nitrogens with one attached hydrogen (secondary N) is 7. The summed E-state index contributed by atoms with van der Waals surface area (Å²) in [5.41, 5.74) is 13.6. The monoisotopic (exact) mass is 924 g/mol. The van der Waals surface area contributed by atoms with E-state index >= 15 is 0 Å². The molecule has 0 fully saturated rings. The molecule has 64 heavy (non-hydrogen) atoms. The summed E-state index contributed by atoms with van der Waals surface area (Å²) < 4.78 is 0. The zero-order valence-corrected chi connectivity index (χ0v) is 38.7. The Morgan fingerprint density at radius 3 is 1.61 bits per heavy atom. The third kappa shape index (κ3) is 18.2. The SMILES string of the molecule is CC[C@H](NC(=O)[C@H](CCSC)NC(=O)[C@H](CC(C)C)NC(=O)[C@H](Cc1cnc[nH]1)NC(=O)[C@H](Cc1ccccc1)NC(=O)[C@@H](CCSC)NC(=O)[C@@H](N)Cc1ccc(O)cc1)C(N)=O. The Balaban J connectivity index is 1.88. The van der Waals surface area contributed by atoms with Gasteiger partial charge in [-0.15, -0.1) is 0 Å². The van der Waals surface area contributed by atoms with Crippen LogP contribution in [-0.4, -0.2) is 123 Å². The van der Waals surface area contributed by atoms with E-state index < -0.39 is 83.6 Å². The summed E-state index contributed by atoms with van der Waals surface area (Å²) in [6.07, 6.45) is 7.58. The summed E-state index contributed by atoms with van der Waals surface area (Å²) in [7, 11) is 0. The molecule has 350 valence electrons.